The fourth-order valence-corrected chi connectivity index (χ4v) is 4.32. The van der Waals surface area contributed by atoms with E-state index >= 15 is 0 Å². The zero-order valence-corrected chi connectivity index (χ0v) is 18.8. The smallest absolute Gasteiger partial charge is 0.303 e. The van der Waals surface area contributed by atoms with Gasteiger partial charge in [0.25, 0.3) is 0 Å². The number of fused-ring (bicyclic) bond motifs is 1. The number of aromatic nitrogens is 3. The highest BCUT2D eigenvalue weighted by molar-refractivity contribution is 9.10. The minimum atomic E-state index is -0.850. The third-order valence-electron chi connectivity index (χ3n) is 5.46. The summed E-state index contributed by atoms with van der Waals surface area (Å²) in [5.41, 5.74) is 3.29. The molecule has 7 nitrogen and oxygen atoms in total. The SMILES string of the molecule is O=C(O)CC(Cc1nc(CCCc2ccc3c(n2)NCCC3)no1)c1cccc(Br)c1. The number of carboxylic acid groups (broad SMARTS) is 1. The molecule has 3 aromatic rings. The Morgan fingerprint density at radius 1 is 1.23 bits per heavy atom. The van der Waals surface area contributed by atoms with Crippen molar-refractivity contribution in [3.63, 3.8) is 0 Å². The lowest BCUT2D eigenvalue weighted by Gasteiger charge is -2.17. The van der Waals surface area contributed by atoms with Crippen LogP contribution in [-0.2, 0) is 30.5 Å². The standard InChI is InChI=1S/C23H25BrN4O3/c24-18-6-1-4-16(12-18)17(14-22(29)30)13-21-27-20(28-31-21)8-2-7-19-10-9-15-5-3-11-25-23(15)26-19/h1,4,6,9-10,12,17H,2-3,5,7-8,11,13-14H2,(H,25,26)(H,29,30). The zero-order valence-electron chi connectivity index (χ0n) is 17.2. The first-order valence-electron chi connectivity index (χ1n) is 10.6. The van der Waals surface area contributed by atoms with Gasteiger partial charge in [-0.1, -0.05) is 39.3 Å². The molecule has 0 amide bonds. The molecule has 0 radical (unpaired) electrons. The lowest BCUT2D eigenvalue weighted by Crippen LogP contribution is -2.14. The second kappa shape index (κ2) is 10.0. The molecule has 1 aliphatic heterocycles. The highest BCUT2D eigenvalue weighted by Gasteiger charge is 2.20. The molecule has 0 spiro atoms. The summed E-state index contributed by atoms with van der Waals surface area (Å²) in [6.45, 7) is 0.984. The average molecular weight is 485 g/mol. The van der Waals surface area contributed by atoms with Crippen LogP contribution in [0.5, 0.6) is 0 Å². The Morgan fingerprint density at radius 2 is 2.13 bits per heavy atom. The summed E-state index contributed by atoms with van der Waals surface area (Å²) in [5.74, 6) is 1.06. The van der Waals surface area contributed by atoms with E-state index in [9.17, 15) is 9.90 Å². The number of anilines is 1. The second-order valence-corrected chi connectivity index (χ2v) is 8.77. The van der Waals surface area contributed by atoms with Gasteiger partial charge in [0.05, 0.1) is 6.42 Å². The number of benzene rings is 1. The molecule has 1 atom stereocenters. The van der Waals surface area contributed by atoms with Gasteiger partial charge in [0.1, 0.15) is 5.82 Å². The van der Waals surface area contributed by atoms with E-state index in [0.717, 1.165) is 53.8 Å². The van der Waals surface area contributed by atoms with E-state index in [1.807, 2.05) is 24.3 Å². The first-order chi connectivity index (χ1) is 15.1. The summed E-state index contributed by atoms with van der Waals surface area (Å²) < 4.78 is 6.33. The normalized spacial score (nSPS) is 14.0. The molecular weight excluding hydrogens is 460 g/mol. The van der Waals surface area contributed by atoms with Crippen LogP contribution in [0.1, 0.15) is 53.7 Å². The van der Waals surface area contributed by atoms with Gasteiger partial charge in [-0.25, -0.2) is 4.98 Å². The van der Waals surface area contributed by atoms with Gasteiger partial charge in [0.2, 0.25) is 5.89 Å². The van der Waals surface area contributed by atoms with E-state index < -0.39 is 5.97 Å². The maximum atomic E-state index is 11.3. The van der Waals surface area contributed by atoms with Crippen LogP contribution in [0.2, 0.25) is 0 Å². The van der Waals surface area contributed by atoms with Crippen LogP contribution in [0.25, 0.3) is 0 Å². The predicted molar refractivity (Wildman–Crippen MR) is 120 cm³/mol. The van der Waals surface area contributed by atoms with Crippen molar-refractivity contribution in [3.8, 4) is 0 Å². The van der Waals surface area contributed by atoms with Crippen LogP contribution in [0.4, 0.5) is 5.82 Å². The summed E-state index contributed by atoms with van der Waals surface area (Å²) in [4.78, 5) is 20.6. The Labute approximate surface area is 189 Å². The third kappa shape index (κ3) is 5.91. The number of carboxylic acids is 1. The van der Waals surface area contributed by atoms with Crippen molar-refractivity contribution >= 4 is 27.7 Å². The summed E-state index contributed by atoms with van der Waals surface area (Å²) >= 11 is 3.45. The number of carbonyl (C=O) groups is 1. The van der Waals surface area contributed by atoms with Gasteiger partial charge in [0.15, 0.2) is 5.82 Å². The summed E-state index contributed by atoms with van der Waals surface area (Å²) in [5, 5.41) is 16.8. The fraction of sp³-hybridized carbons (Fsp3) is 0.391. The fourth-order valence-electron chi connectivity index (χ4n) is 3.90. The molecule has 0 aliphatic carbocycles. The van der Waals surface area contributed by atoms with Crippen molar-refractivity contribution in [1.29, 1.82) is 0 Å². The molecule has 3 heterocycles. The molecule has 1 unspecified atom stereocenters. The van der Waals surface area contributed by atoms with Crippen LogP contribution >= 0.6 is 15.9 Å². The minimum Gasteiger partial charge on any atom is -0.481 e. The van der Waals surface area contributed by atoms with Gasteiger partial charge < -0.3 is 14.9 Å². The molecule has 31 heavy (non-hydrogen) atoms. The number of hydrogen-bond acceptors (Lipinski definition) is 6. The van der Waals surface area contributed by atoms with Crippen molar-refractivity contribution in [3.05, 3.63) is 69.4 Å². The molecule has 162 valence electrons. The monoisotopic (exact) mass is 484 g/mol. The Balaban J connectivity index is 1.34. The number of rotatable bonds is 9. The van der Waals surface area contributed by atoms with Crippen molar-refractivity contribution in [2.75, 3.05) is 11.9 Å². The zero-order chi connectivity index (χ0) is 21.6. The maximum absolute atomic E-state index is 11.3. The molecule has 8 heteroatoms. The lowest BCUT2D eigenvalue weighted by molar-refractivity contribution is -0.137. The summed E-state index contributed by atoms with van der Waals surface area (Å²) in [7, 11) is 0. The third-order valence-corrected chi connectivity index (χ3v) is 5.95. The Bertz CT molecular complexity index is 1050. The minimum absolute atomic E-state index is 0.00615. The molecule has 4 rings (SSSR count). The molecular formula is C23H25BrN4O3. The van der Waals surface area contributed by atoms with E-state index in [4.69, 9.17) is 9.51 Å². The maximum Gasteiger partial charge on any atom is 0.303 e. The Hall–Kier alpha value is -2.74. The van der Waals surface area contributed by atoms with E-state index in [1.165, 1.54) is 5.56 Å². The van der Waals surface area contributed by atoms with Crippen LogP contribution in [0, 0.1) is 0 Å². The van der Waals surface area contributed by atoms with Crippen LogP contribution in [-0.4, -0.2) is 32.7 Å². The Morgan fingerprint density at radius 3 is 2.97 bits per heavy atom. The molecule has 1 aliphatic rings. The van der Waals surface area contributed by atoms with Crippen LogP contribution < -0.4 is 5.32 Å². The topological polar surface area (TPSA) is 101 Å². The number of halogens is 1. The summed E-state index contributed by atoms with van der Waals surface area (Å²) in [6.07, 6.45) is 5.05. The number of aliphatic carboxylic acids is 1. The Kier molecular flexibility index (Phi) is 6.96. The largest absolute Gasteiger partial charge is 0.481 e. The highest BCUT2D eigenvalue weighted by Crippen LogP contribution is 2.26. The second-order valence-electron chi connectivity index (χ2n) is 7.85. The van der Waals surface area contributed by atoms with E-state index in [0.29, 0.717) is 24.6 Å². The highest BCUT2D eigenvalue weighted by atomic mass is 79.9. The van der Waals surface area contributed by atoms with Crippen molar-refractivity contribution in [2.24, 2.45) is 0 Å². The molecule has 0 fully saturated rings. The first kappa shape index (κ1) is 21.5. The summed E-state index contributed by atoms with van der Waals surface area (Å²) in [6, 6.07) is 11.9. The first-order valence-corrected chi connectivity index (χ1v) is 11.4. The number of aryl methyl sites for hydroxylation is 3. The van der Waals surface area contributed by atoms with Gasteiger partial charge >= 0.3 is 5.97 Å². The number of nitrogens with one attached hydrogen (secondary N) is 1. The molecule has 2 N–H and O–H groups in total. The number of pyridine rings is 1. The predicted octanol–water partition coefficient (Wildman–Crippen LogP) is 4.56. The molecule has 0 saturated heterocycles. The average Bonchev–Trinajstić information content (AvgIpc) is 3.20. The van der Waals surface area contributed by atoms with E-state index in [-0.39, 0.29) is 12.3 Å². The molecule has 0 saturated carbocycles. The quantitative estimate of drug-likeness (QED) is 0.458. The van der Waals surface area contributed by atoms with Gasteiger partial charge in [-0.3, -0.25) is 4.79 Å². The van der Waals surface area contributed by atoms with Gasteiger partial charge in [0, 0.05) is 35.5 Å². The van der Waals surface area contributed by atoms with Gasteiger partial charge in [-0.2, -0.15) is 4.98 Å². The van der Waals surface area contributed by atoms with Crippen molar-refractivity contribution < 1.29 is 14.4 Å². The van der Waals surface area contributed by atoms with Crippen LogP contribution in [0.3, 0.4) is 0 Å². The van der Waals surface area contributed by atoms with E-state index in [1.54, 1.807) is 0 Å². The van der Waals surface area contributed by atoms with Gasteiger partial charge in [-0.15, -0.1) is 0 Å². The van der Waals surface area contributed by atoms with Crippen molar-refractivity contribution in [1.82, 2.24) is 15.1 Å². The lowest BCUT2D eigenvalue weighted by atomic mass is 9.92. The van der Waals surface area contributed by atoms with Crippen LogP contribution in [0.15, 0.2) is 45.4 Å². The van der Waals surface area contributed by atoms with Crippen molar-refractivity contribution in [2.45, 2.75) is 50.9 Å². The molecule has 0 bridgehead atoms. The van der Waals surface area contributed by atoms with E-state index in [2.05, 4.69) is 43.5 Å². The number of hydrogen-bond donors (Lipinski definition) is 2. The molecule has 2 aromatic heterocycles. The van der Waals surface area contributed by atoms with Gasteiger partial charge in [-0.05, 0) is 55.0 Å². The molecule has 1 aromatic carbocycles. The number of nitrogens with zero attached hydrogens (tertiary/aromatic N) is 3.